The maximum absolute atomic E-state index is 12.6. The quantitative estimate of drug-likeness (QED) is 0.401. The molecule has 0 aliphatic carbocycles. The number of amides is 2. The molecule has 1 saturated heterocycles. The highest BCUT2D eigenvalue weighted by Crippen LogP contribution is 2.30. The SMILES string of the molecule is CC(=O)N1CCN(c2ccc(C(=O)Nc3ccccc3I)cc2[N+](=O)[O-])CC1. The van der Waals surface area contributed by atoms with Crippen LogP contribution in [0, 0.1) is 13.7 Å². The number of nitrogens with one attached hydrogen (secondary N) is 1. The van der Waals surface area contributed by atoms with Crippen LogP contribution >= 0.6 is 22.6 Å². The fourth-order valence-corrected chi connectivity index (χ4v) is 3.62. The Morgan fingerprint density at radius 2 is 1.79 bits per heavy atom. The largest absolute Gasteiger partial charge is 0.362 e. The molecule has 0 aromatic heterocycles. The van der Waals surface area contributed by atoms with Gasteiger partial charge in [-0.3, -0.25) is 19.7 Å². The lowest BCUT2D eigenvalue weighted by molar-refractivity contribution is -0.384. The maximum Gasteiger partial charge on any atom is 0.293 e. The van der Waals surface area contributed by atoms with Crippen molar-refractivity contribution in [3.8, 4) is 0 Å². The van der Waals surface area contributed by atoms with Crippen molar-refractivity contribution in [3.63, 3.8) is 0 Å². The Bertz CT molecular complexity index is 926. The lowest BCUT2D eigenvalue weighted by atomic mass is 10.1. The average molecular weight is 494 g/mol. The highest BCUT2D eigenvalue weighted by Gasteiger charge is 2.26. The Kier molecular flexibility index (Phi) is 6.12. The molecule has 9 heteroatoms. The number of rotatable bonds is 4. The van der Waals surface area contributed by atoms with Gasteiger partial charge in [-0.2, -0.15) is 0 Å². The van der Waals surface area contributed by atoms with Gasteiger partial charge in [0.2, 0.25) is 5.91 Å². The number of carbonyl (C=O) groups excluding carboxylic acids is 2. The minimum absolute atomic E-state index is 0.00304. The predicted octanol–water partition coefficient (Wildman–Crippen LogP) is 3.12. The van der Waals surface area contributed by atoms with Crippen LogP contribution in [0.15, 0.2) is 42.5 Å². The Morgan fingerprint density at radius 3 is 2.39 bits per heavy atom. The lowest BCUT2D eigenvalue weighted by Gasteiger charge is -2.35. The van der Waals surface area contributed by atoms with Crippen molar-refractivity contribution < 1.29 is 14.5 Å². The Hall–Kier alpha value is -2.69. The Morgan fingerprint density at radius 1 is 1.11 bits per heavy atom. The summed E-state index contributed by atoms with van der Waals surface area (Å²) in [4.78, 5) is 38.7. The van der Waals surface area contributed by atoms with Crippen molar-refractivity contribution in [1.29, 1.82) is 0 Å². The number of benzene rings is 2. The van der Waals surface area contributed by atoms with Crippen LogP contribution in [0.5, 0.6) is 0 Å². The molecule has 1 N–H and O–H groups in total. The fourth-order valence-electron chi connectivity index (χ4n) is 3.10. The molecule has 1 aliphatic rings. The monoisotopic (exact) mass is 494 g/mol. The van der Waals surface area contributed by atoms with Crippen LogP contribution in [0.2, 0.25) is 0 Å². The van der Waals surface area contributed by atoms with Crippen LogP contribution in [0.1, 0.15) is 17.3 Å². The summed E-state index contributed by atoms with van der Waals surface area (Å²) in [6, 6.07) is 11.8. The normalized spacial score (nSPS) is 13.9. The molecule has 1 heterocycles. The van der Waals surface area contributed by atoms with E-state index in [4.69, 9.17) is 0 Å². The Labute approximate surface area is 175 Å². The number of hydrogen-bond donors (Lipinski definition) is 1. The summed E-state index contributed by atoms with van der Waals surface area (Å²) in [5.74, 6) is -0.406. The number of para-hydroxylation sites is 1. The van der Waals surface area contributed by atoms with Crippen molar-refractivity contribution in [2.75, 3.05) is 36.4 Å². The zero-order chi connectivity index (χ0) is 20.3. The predicted molar refractivity (Wildman–Crippen MR) is 115 cm³/mol. The maximum atomic E-state index is 12.6. The van der Waals surface area contributed by atoms with Crippen LogP contribution < -0.4 is 10.2 Å². The van der Waals surface area contributed by atoms with Crippen LogP contribution in [-0.2, 0) is 4.79 Å². The summed E-state index contributed by atoms with van der Waals surface area (Å²) in [6.45, 7) is 3.56. The van der Waals surface area contributed by atoms with Gasteiger partial charge in [0.25, 0.3) is 11.6 Å². The summed E-state index contributed by atoms with van der Waals surface area (Å²) in [5.41, 5.74) is 1.21. The van der Waals surface area contributed by atoms with Crippen LogP contribution in [0.4, 0.5) is 17.1 Å². The summed E-state index contributed by atoms with van der Waals surface area (Å²) in [7, 11) is 0. The molecule has 3 rings (SSSR count). The van der Waals surface area contributed by atoms with Crippen molar-refractivity contribution in [2.45, 2.75) is 6.92 Å². The molecule has 0 spiro atoms. The molecule has 1 aliphatic heterocycles. The number of nitro groups is 1. The summed E-state index contributed by atoms with van der Waals surface area (Å²) >= 11 is 2.11. The second-order valence-electron chi connectivity index (χ2n) is 6.39. The zero-order valence-corrected chi connectivity index (χ0v) is 17.4. The van der Waals surface area contributed by atoms with E-state index in [2.05, 4.69) is 27.9 Å². The molecule has 2 aromatic carbocycles. The second-order valence-corrected chi connectivity index (χ2v) is 7.55. The van der Waals surface area contributed by atoms with E-state index >= 15 is 0 Å². The number of anilines is 2. The van der Waals surface area contributed by atoms with Crippen molar-refractivity contribution >= 4 is 51.5 Å². The second kappa shape index (κ2) is 8.55. The summed E-state index contributed by atoms with van der Waals surface area (Å²) in [5, 5.41) is 14.4. The van der Waals surface area contributed by atoms with Gasteiger partial charge < -0.3 is 15.1 Å². The molecule has 0 bridgehead atoms. The molecule has 2 aromatic rings. The average Bonchev–Trinajstić information content (AvgIpc) is 2.69. The third kappa shape index (κ3) is 4.41. The molecule has 2 amide bonds. The van der Waals surface area contributed by atoms with Gasteiger partial charge in [-0.15, -0.1) is 0 Å². The summed E-state index contributed by atoms with van der Waals surface area (Å²) in [6.07, 6.45) is 0. The van der Waals surface area contributed by atoms with E-state index in [0.29, 0.717) is 37.6 Å². The third-order valence-corrected chi connectivity index (χ3v) is 5.56. The molecule has 0 unspecified atom stereocenters. The number of halogens is 1. The van der Waals surface area contributed by atoms with E-state index in [9.17, 15) is 19.7 Å². The molecule has 28 heavy (non-hydrogen) atoms. The molecule has 8 nitrogen and oxygen atoms in total. The van der Waals surface area contributed by atoms with Crippen molar-refractivity contribution in [3.05, 3.63) is 61.7 Å². The van der Waals surface area contributed by atoms with Gasteiger partial charge in [-0.25, -0.2) is 0 Å². The third-order valence-electron chi connectivity index (χ3n) is 4.62. The Balaban J connectivity index is 1.81. The highest BCUT2D eigenvalue weighted by atomic mass is 127. The minimum atomic E-state index is -0.476. The minimum Gasteiger partial charge on any atom is -0.362 e. The molecular formula is C19H19IN4O4. The topological polar surface area (TPSA) is 95.8 Å². The van der Waals surface area contributed by atoms with E-state index in [1.807, 2.05) is 23.1 Å². The van der Waals surface area contributed by atoms with E-state index in [0.717, 1.165) is 3.57 Å². The number of nitrogens with zero attached hydrogens (tertiary/aromatic N) is 3. The van der Waals surface area contributed by atoms with E-state index in [-0.39, 0.29) is 17.2 Å². The van der Waals surface area contributed by atoms with Gasteiger partial charge in [0.05, 0.1) is 10.6 Å². The van der Waals surface area contributed by atoms with Gasteiger partial charge in [0, 0.05) is 48.3 Å². The molecule has 1 fully saturated rings. The standard InChI is InChI=1S/C19H19IN4O4/c1-13(25)22-8-10-23(11-9-22)17-7-6-14(12-18(17)24(27)28)19(26)21-16-5-3-2-4-15(16)20/h2-7,12H,8-11H2,1H3,(H,21,26). The van der Waals surface area contributed by atoms with Crippen LogP contribution in [0.3, 0.4) is 0 Å². The first-order valence-corrected chi connectivity index (χ1v) is 9.79. The molecule has 0 atom stereocenters. The first-order chi connectivity index (χ1) is 13.4. The van der Waals surface area contributed by atoms with Crippen molar-refractivity contribution in [1.82, 2.24) is 4.90 Å². The van der Waals surface area contributed by atoms with E-state index < -0.39 is 10.8 Å². The lowest BCUT2D eigenvalue weighted by Crippen LogP contribution is -2.48. The van der Waals surface area contributed by atoms with Crippen LogP contribution in [0.25, 0.3) is 0 Å². The zero-order valence-electron chi connectivity index (χ0n) is 15.2. The van der Waals surface area contributed by atoms with Gasteiger partial charge in [-0.05, 0) is 46.9 Å². The van der Waals surface area contributed by atoms with Gasteiger partial charge in [0.15, 0.2) is 0 Å². The first kappa shape index (κ1) is 20.1. The van der Waals surface area contributed by atoms with Crippen LogP contribution in [-0.4, -0.2) is 47.8 Å². The first-order valence-electron chi connectivity index (χ1n) is 8.71. The molecule has 0 radical (unpaired) electrons. The number of nitro benzene ring substituents is 1. The molecule has 0 saturated carbocycles. The molecular weight excluding hydrogens is 475 g/mol. The number of piperazine rings is 1. The highest BCUT2D eigenvalue weighted by molar-refractivity contribution is 14.1. The molecule has 146 valence electrons. The smallest absolute Gasteiger partial charge is 0.293 e. The fraction of sp³-hybridized carbons (Fsp3) is 0.263. The number of hydrogen-bond acceptors (Lipinski definition) is 5. The van der Waals surface area contributed by atoms with Crippen molar-refractivity contribution in [2.24, 2.45) is 0 Å². The van der Waals surface area contributed by atoms with Gasteiger partial charge in [0.1, 0.15) is 5.69 Å². The van der Waals surface area contributed by atoms with E-state index in [1.54, 1.807) is 23.1 Å². The summed E-state index contributed by atoms with van der Waals surface area (Å²) < 4.78 is 0.878. The number of carbonyl (C=O) groups is 2. The van der Waals surface area contributed by atoms with E-state index in [1.165, 1.54) is 13.0 Å². The van der Waals surface area contributed by atoms with Gasteiger partial charge >= 0.3 is 0 Å². The van der Waals surface area contributed by atoms with Gasteiger partial charge in [-0.1, -0.05) is 12.1 Å².